The Balaban J connectivity index is 4.04. The van der Waals surface area contributed by atoms with Crippen LogP contribution in [-0.2, 0) is 0 Å². The van der Waals surface area contributed by atoms with Crippen LogP contribution in [-0.4, -0.2) is 6.18 Å². The van der Waals surface area contributed by atoms with Crippen LogP contribution in [0.25, 0.3) is 0 Å². The zero-order valence-electron chi connectivity index (χ0n) is 4.80. The summed E-state index contributed by atoms with van der Waals surface area (Å²) in [4.78, 5) is 0. The Labute approximate surface area is 50.2 Å². The highest BCUT2D eigenvalue weighted by Gasteiger charge is 2.38. The lowest BCUT2D eigenvalue weighted by molar-refractivity contribution is -0.163. The third-order valence-corrected chi connectivity index (χ3v) is 0.961. The summed E-state index contributed by atoms with van der Waals surface area (Å²) in [6.07, 6.45) is -4.49. The number of hydrogen-bond acceptors (Lipinski definition) is 0. The normalized spacial score (nSPS) is 15.2. The molecule has 0 radical (unpaired) electrons. The second kappa shape index (κ2) is 2.37. The molecule has 0 aromatic carbocycles. The molecule has 0 fully saturated rings. The van der Waals surface area contributed by atoms with E-state index in [0.29, 0.717) is 0 Å². The van der Waals surface area contributed by atoms with Crippen molar-refractivity contribution in [2.45, 2.75) is 13.1 Å². The third-order valence-electron chi connectivity index (χ3n) is 0.961. The van der Waals surface area contributed by atoms with Gasteiger partial charge in [0.15, 0.2) is 0 Å². The van der Waals surface area contributed by atoms with Crippen LogP contribution < -0.4 is 0 Å². The zero-order chi connectivity index (χ0) is 7.65. The van der Waals surface area contributed by atoms with E-state index in [0.717, 1.165) is 6.92 Å². The Morgan fingerprint density at radius 1 is 1.44 bits per heavy atom. The molecule has 0 bridgehead atoms. The predicted molar refractivity (Wildman–Crippen MR) is 25.5 cm³/mol. The van der Waals surface area contributed by atoms with Crippen LogP contribution in [0.4, 0.5) is 17.6 Å². The molecule has 0 aliphatic rings. The van der Waals surface area contributed by atoms with Crippen molar-refractivity contribution >= 4 is 0 Å². The molecule has 9 heavy (non-hydrogen) atoms. The van der Waals surface area contributed by atoms with Gasteiger partial charge in [-0.2, -0.15) is 13.2 Å². The van der Waals surface area contributed by atoms with Gasteiger partial charge in [-0.25, -0.2) is 4.39 Å². The fourth-order valence-corrected chi connectivity index (χ4v) is 0.178. The molecule has 0 rings (SSSR count). The summed E-state index contributed by atoms with van der Waals surface area (Å²) in [6, 6.07) is 0. The van der Waals surface area contributed by atoms with Crippen molar-refractivity contribution in [2.75, 3.05) is 0 Å². The second-order valence-electron chi connectivity index (χ2n) is 1.71. The average molecular weight is 142 g/mol. The molecular weight excluding hydrogens is 136 g/mol. The van der Waals surface area contributed by atoms with Crippen LogP contribution in [0, 0.1) is 5.92 Å². The van der Waals surface area contributed by atoms with E-state index in [4.69, 9.17) is 0 Å². The smallest absolute Gasteiger partial charge is 0.212 e. The van der Waals surface area contributed by atoms with Gasteiger partial charge < -0.3 is 0 Å². The highest BCUT2D eigenvalue weighted by Crippen LogP contribution is 2.30. The van der Waals surface area contributed by atoms with Gasteiger partial charge in [0.2, 0.25) is 0 Å². The fourth-order valence-electron chi connectivity index (χ4n) is 0.178. The van der Waals surface area contributed by atoms with Crippen molar-refractivity contribution in [2.24, 2.45) is 5.92 Å². The van der Waals surface area contributed by atoms with Crippen LogP contribution >= 0.6 is 0 Å². The first-order chi connectivity index (χ1) is 3.85. The van der Waals surface area contributed by atoms with Crippen LogP contribution in [0.5, 0.6) is 0 Å². The average Bonchev–Trinajstić information content (AvgIpc) is 1.62. The highest BCUT2D eigenvalue weighted by molar-refractivity contribution is 4.90. The molecule has 0 aliphatic carbocycles. The minimum Gasteiger partial charge on any atom is -0.212 e. The van der Waals surface area contributed by atoms with E-state index in [1.165, 1.54) is 0 Å². The lowest BCUT2D eigenvalue weighted by atomic mass is 10.1. The molecular formula is C5H6F4. The van der Waals surface area contributed by atoms with E-state index in [1.54, 1.807) is 0 Å². The van der Waals surface area contributed by atoms with Crippen molar-refractivity contribution < 1.29 is 17.6 Å². The summed E-state index contributed by atoms with van der Waals surface area (Å²) < 4.78 is 45.9. The van der Waals surface area contributed by atoms with E-state index >= 15 is 0 Å². The van der Waals surface area contributed by atoms with E-state index in [9.17, 15) is 17.6 Å². The number of hydrogen-bond donors (Lipinski definition) is 0. The Morgan fingerprint density at radius 3 is 1.78 bits per heavy atom. The molecule has 0 amide bonds. The first-order valence-electron chi connectivity index (χ1n) is 2.26. The van der Waals surface area contributed by atoms with Gasteiger partial charge in [0.05, 0.1) is 0 Å². The number of alkyl halides is 3. The number of allylic oxidation sites excluding steroid dienone is 1. The Kier molecular flexibility index (Phi) is 2.23. The van der Waals surface area contributed by atoms with Gasteiger partial charge >= 0.3 is 6.18 Å². The minimum absolute atomic E-state index is 0.725. The molecule has 4 heteroatoms. The second-order valence-corrected chi connectivity index (χ2v) is 1.71. The summed E-state index contributed by atoms with van der Waals surface area (Å²) in [7, 11) is 0. The molecule has 1 atom stereocenters. The van der Waals surface area contributed by atoms with E-state index in [1.807, 2.05) is 0 Å². The standard InChI is InChI=1S/C5H6F4/c1-3(4(2)6)5(7,8)9/h3H,2H2,1H3. The number of rotatable bonds is 1. The Morgan fingerprint density at radius 2 is 1.78 bits per heavy atom. The van der Waals surface area contributed by atoms with Gasteiger partial charge in [0.1, 0.15) is 11.7 Å². The molecule has 0 aromatic rings. The zero-order valence-corrected chi connectivity index (χ0v) is 4.80. The fraction of sp³-hybridized carbons (Fsp3) is 0.600. The topological polar surface area (TPSA) is 0 Å². The van der Waals surface area contributed by atoms with Gasteiger partial charge in [-0.15, -0.1) is 0 Å². The van der Waals surface area contributed by atoms with E-state index in [2.05, 4.69) is 6.58 Å². The molecule has 0 spiro atoms. The highest BCUT2D eigenvalue weighted by atomic mass is 19.4. The summed E-state index contributed by atoms with van der Waals surface area (Å²) in [5.41, 5.74) is 0. The molecule has 1 unspecified atom stereocenters. The third kappa shape index (κ3) is 2.49. The maximum Gasteiger partial charge on any atom is 0.397 e. The summed E-state index contributed by atoms with van der Waals surface area (Å²) in [6.45, 7) is 3.26. The van der Waals surface area contributed by atoms with E-state index in [-0.39, 0.29) is 0 Å². The largest absolute Gasteiger partial charge is 0.397 e. The maximum atomic E-state index is 11.7. The van der Waals surface area contributed by atoms with Crippen molar-refractivity contribution in [3.8, 4) is 0 Å². The Bertz CT molecular complexity index is 113. The minimum atomic E-state index is -4.49. The van der Waals surface area contributed by atoms with Gasteiger partial charge in [-0.05, 0) is 6.92 Å². The summed E-state index contributed by atoms with van der Waals surface area (Å²) in [5.74, 6) is -3.39. The van der Waals surface area contributed by atoms with Crippen molar-refractivity contribution in [3.63, 3.8) is 0 Å². The van der Waals surface area contributed by atoms with Crippen LogP contribution in [0.3, 0.4) is 0 Å². The van der Waals surface area contributed by atoms with Crippen molar-refractivity contribution in [1.29, 1.82) is 0 Å². The summed E-state index contributed by atoms with van der Waals surface area (Å²) >= 11 is 0. The SMILES string of the molecule is C=C(F)C(C)C(F)(F)F. The van der Waals surface area contributed by atoms with Crippen LogP contribution in [0.2, 0.25) is 0 Å². The monoisotopic (exact) mass is 142 g/mol. The van der Waals surface area contributed by atoms with Crippen molar-refractivity contribution in [1.82, 2.24) is 0 Å². The first-order valence-corrected chi connectivity index (χ1v) is 2.26. The first kappa shape index (κ1) is 8.46. The summed E-state index contributed by atoms with van der Waals surface area (Å²) in [5, 5.41) is 0. The van der Waals surface area contributed by atoms with Gasteiger partial charge in [-0.1, -0.05) is 6.58 Å². The predicted octanol–water partition coefficient (Wildman–Crippen LogP) is 2.67. The van der Waals surface area contributed by atoms with Crippen LogP contribution in [0.1, 0.15) is 6.92 Å². The molecule has 54 valence electrons. The number of halogens is 4. The molecule has 0 aromatic heterocycles. The van der Waals surface area contributed by atoms with E-state index < -0.39 is 17.9 Å². The van der Waals surface area contributed by atoms with Gasteiger partial charge in [0, 0.05) is 0 Å². The van der Waals surface area contributed by atoms with Crippen molar-refractivity contribution in [3.05, 3.63) is 12.4 Å². The molecule has 0 nitrogen and oxygen atoms in total. The lowest BCUT2D eigenvalue weighted by Gasteiger charge is -2.11. The molecule has 0 saturated heterocycles. The quantitative estimate of drug-likeness (QED) is 0.493. The van der Waals surface area contributed by atoms with Gasteiger partial charge in [0.25, 0.3) is 0 Å². The van der Waals surface area contributed by atoms with Gasteiger partial charge in [-0.3, -0.25) is 0 Å². The molecule has 0 aliphatic heterocycles. The Hall–Kier alpha value is -0.540. The maximum absolute atomic E-state index is 11.7. The molecule has 0 heterocycles. The van der Waals surface area contributed by atoms with Crippen LogP contribution in [0.15, 0.2) is 12.4 Å². The lowest BCUT2D eigenvalue weighted by Crippen LogP contribution is -2.19. The molecule has 0 N–H and O–H groups in total. The molecule has 0 saturated carbocycles.